The first kappa shape index (κ1) is 27.8. The van der Waals surface area contributed by atoms with Crippen LogP contribution >= 0.6 is 0 Å². The van der Waals surface area contributed by atoms with E-state index in [4.69, 9.17) is 4.74 Å². The fourth-order valence-corrected chi connectivity index (χ4v) is 4.18. The molecule has 0 radical (unpaired) electrons. The molecule has 186 valence electrons. The molecule has 35 heavy (non-hydrogen) atoms. The van der Waals surface area contributed by atoms with E-state index in [2.05, 4.69) is 57.6 Å². The lowest BCUT2D eigenvalue weighted by Crippen LogP contribution is -2.29. The number of hydrogen-bond acceptors (Lipinski definition) is 3. The van der Waals surface area contributed by atoms with Crippen LogP contribution in [0.25, 0.3) is 6.08 Å². The molecule has 0 heterocycles. The van der Waals surface area contributed by atoms with Gasteiger partial charge in [0.05, 0.1) is 0 Å². The van der Waals surface area contributed by atoms with Crippen LogP contribution < -0.4 is 15.4 Å². The van der Waals surface area contributed by atoms with Crippen LogP contribution in [0.3, 0.4) is 0 Å². The van der Waals surface area contributed by atoms with Crippen LogP contribution in [0, 0.1) is 10.8 Å². The van der Waals surface area contributed by atoms with Gasteiger partial charge in [0.25, 0.3) is 0 Å². The highest BCUT2D eigenvalue weighted by molar-refractivity contribution is 5.57. The summed E-state index contributed by atoms with van der Waals surface area (Å²) in [6.45, 7) is 21.1. The minimum absolute atomic E-state index is 0.115. The lowest BCUT2D eigenvalue weighted by molar-refractivity contribution is 0.273. The van der Waals surface area contributed by atoms with Gasteiger partial charge in [0, 0.05) is 29.4 Å². The van der Waals surface area contributed by atoms with Gasteiger partial charge < -0.3 is 15.4 Å². The predicted molar refractivity (Wildman–Crippen MR) is 152 cm³/mol. The van der Waals surface area contributed by atoms with Crippen molar-refractivity contribution in [2.24, 2.45) is 10.8 Å². The van der Waals surface area contributed by atoms with Crippen molar-refractivity contribution in [3.05, 3.63) is 121 Å². The van der Waals surface area contributed by atoms with Gasteiger partial charge in [0.15, 0.2) is 0 Å². The lowest BCUT2D eigenvalue weighted by atomic mass is 9.63. The van der Waals surface area contributed by atoms with Crippen LogP contribution in [-0.4, -0.2) is 0 Å². The molecule has 0 saturated carbocycles. The van der Waals surface area contributed by atoms with Gasteiger partial charge in [-0.25, -0.2) is 0 Å². The number of hydrogen-bond donors (Lipinski definition) is 2. The highest BCUT2D eigenvalue weighted by Gasteiger charge is 2.36. The van der Waals surface area contributed by atoms with Crippen LogP contribution in [0.2, 0.25) is 0 Å². The second-order valence-electron chi connectivity index (χ2n) is 10.1. The number of ether oxygens (including phenoxy) is 1. The van der Waals surface area contributed by atoms with Crippen molar-refractivity contribution >= 4 is 6.08 Å². The third-order valence-corrected chi connectivity index (χ3v) is 6.33. The molecule has 2 N–H and O–H groups in total. The molecular weight excluding hydrogens is 428 g/mol. The Kier molecular flexibility index (Phi) is 10.2. The second-order valence-corrected chi connectivity index (χ2v) is 10.1. The fraction of sp³-hybridized carbons (Fsp3) is 0.312. The first-order valence-corrected chi connectivity index (χ1v) is 12.3. The van der Waals surface area contributed by atoms with Gasteiger partial charge in [-0.1, -0.05) is 83.4 Å². The summed E-state index contributed by atoms with van der Waals surface area (Å²) in [4.78, 5) is 0. The summed E-state index contributed by atoms with van der Waals surface area (Å²) in [6.07, 6.45) is 21.8. The molecule has 1 aromatic carbocycles. The third kappa shape index (κ3) is 8.06. The lowest BCUT2D eigenvalue weighted by Gasteiger charge is -2.42. The first-order chi connectivity index (χ1) is 16.6. The van der Waals surface area contributed by atoms with Gasteiger partial charge in [-0.15, -0.1) is 0 Å². The molecule has 0 saturated heterocycles. The van der Waals surface area contributed by atoms with Crippen molar-refractivity contribution < 1.29 is 4.74 Å². The molecule has 1 aliphatic rings. The minimum atomic E-state index is 0.115. The Morgan fingerprint density at radius 2 is 1.63 bits per heavy atom. The Morgan fingerprint density at radius 1 is 0.943 bits per heavy atom. The predicted octanol–water partition coefficient (Wildman–Crippen LogP) is 8.57. The maximum absolute atomic E-state index is 5.87. The molecule has 3 nitrogen and oxygen atoms in total. The van der Waals surface area contributed by atoms with Crippen LogP contribution in [0.4, 0.5) is 0 Å². The Morgan fingerprint density at radius 3 is 2.29 bits per heavy atom. The maximum atomic E-state index is 5.87. The summed E-state index contributed by atoms with van der Waals surface area (Å²) in [7, 11) is 0. The number of allylic oxidation sites excluding steroid dienone is 9. The molecular formula is C32H42N2O. The van der Waals surface area contributed by atoms with Gasteiger partial charge in [-0.05, 0) is 73.0 Å². The molecule has 0 unspecified atom stereocenters. The average molecular weight is 471 g/mol. The summed E-state index contributed by atoms with van der Waals surface area (Å²) < 4.78 is 5.87. The van der Waals surface area contributed by atoms with E-state index in [1.807, 2.05) is 80.9 Å². The van der Waals surface area contributed by atoms with Crippen LogP contribution in [0.1, 0.15) is 59.9 Å². The number of benzene rings is 1. The largest absolute Gasteiger partial charge is 0.463 e. The van der Waals surface area contributed by atoms with Gasteiger partial charge in [-0.2, -0.15) is 0 Å². The monoisotopic (exact) mass is 470 g/mol. The molecule has 1 aliphatic carbocycles. The topological polar surface area (TPSA) is 33.3 Å². The summed E-state index contributed by atoms with van der Waals surface area (Å²) in [6, 6.07) is 7.95. The van der Waals surface area contributed by atoms with Crippen molar-refractivity contribution in [2.75, 3.05) is 0 Å². The zero-order valence-corrected chi connectivity index (χ0v) is 22.3. The van der Waals surface area contributed by atoms with Gasteiger partial charge in [-0.3, -0.25) is 0 Å². The van der Waals surface area contributed by atoms with E-state index in [1.54, 1.807) is 12.3 Å². The second kappa shape index (κ2) is 12.9. The van der Waals surface area contributed by atoms with E-state index in [9.17, 15) is 0 Å². The summed E-state index contributed by atoms with van der Waals surface area (Å²) >= 11 is 0. The normalized spacial score (nSPS) is 18.3. The maximum Gasteiger partial charge on any atom is 0.133 e. The molecule has 0 spiro atoms. The highest BCUT2D eigenvalue weighted by Crippen LogP contribution is 2.49. The molecule has 0 fully saturated rings. The van der Waals surface area contributed by atoms with E-state index >= 15 is 0 Å². The molecule has 0 aliphatic heterocycles. The zero-order chi connectivity index (χ0) is 25.9. The van der Waals surface area contributed by atoms with Crippen molar-refractivity contribution in [1.29, 1.82) is 0 Å². The van der Waals surface area contributed by atoms with E-state index in [0.717, 1.165) is 29.1 Å². The highest BCUT2D eigenvalue weighted by atomic mass is 16.5. The summed E-state index contributed by atoms with van der Waals surface area (Å²) in [5.41, 5.74) is 5.77. The SMILES string of the molecule is C=C/C=C(\C=C\N/C(C)=C\Oc1ccccc1/C=C/C)N/C=C/C1=C(C=C)C(C)(C)CCC1(C)C. The number of rotatable bonds is 11. The molecule has 2 rings (SSSR count). The van der Waals surface area contributed by atoms with E-state index in [1.165, 1.54) is 17.6 Å². The smallest absolute Gasteiger partial charge is 0.133 e. The van der Waals surface area contributed by atoms with Crippen molar-refractivity contribution in [1.82, 2.24) is 10.6 Å². The first-order valence-electron chi connectivity index (χ1n) is 12.3. The molecule has 0 atom stereocenters. The summed E-state index contributed by atoms with van der Waals surface area (Å²) in [5, 5.41) is 6.64. The van der Waals surface area contributed by atoms with Crippen molar-refractivity contribution in [2.45, 2.75) is 54.4 Å². The molecule has 0 aromatic heterocycles. The average Bonchev–Trinajstić information content (AvgIpc) is 2.81. The fourth-order valence-electron chi connectivity index (χ4n) is 4.18. The molecule has 1 aromatic rings. The zero-order valence-electron chi connectivity index (χ0n) is 22.3. The molecule has 0 amide bonds. The number of nitrogens with one attached hydrogen (secondary N) is 2. The Hall–Kier alpha value is -3.46. The van der Waals surface area contributed by atoms with Crippen LogP contribution in [0.15, 0.2) is 115 Å². The number of para-hydroxylation sites is 1. The van der Waals surface area contributed by atoms with Gasteiger partial charge in [0.1, 0.15) is 12.0 Å². The standard InChI is InChI=1S/C32H42N2O/c1-9-14-26-16-12-13-17-30(26)35-24-25(4)33-22-18-27(15-10-2)34-23-19-29-28(11-3)31(5,6)20-21-32(29,7)8/h9-19,22-24,33-34H,2-3,20-21H2,1,4-8H3/b14-9+,22-18+,23-19+,25-24-,27-15+. The van der Waals surface area contributed by atoms with Gasteiger partial charge in [0.2, 0.25) is 0 Å². The van der Waals surface area contributed by atoms with E-state index < -0.39 is 0 Å². The van der Waals surface area contributed by atoms with Crippen LogP contribution in [-0.2, 0) is 0 Å². The molecule has 0 bridgehead atoms. The quantitative estimate of drug-likeness (QED) is 0.251. The third-order valence-electron chi connectivity index (χ3n) is 6.33. The van der Waals surface area contributed by atoms with Crippen LogP contribution in [0.5, 0.6) is 5.75 Å². The van der Waals surface area contributed by atoms with Gasteiger partial charge >= 0.3 is 0 Å². The van der Waals surface area contributed by atoms with E-state index in [0.29, 0.717) is 0 Å². The Labute approximate surface area is 213 Å². The summed E-state index contributed by atoms with van der Waals surface area (Å²) in [5.74, 6) is 0.816. The Bertz CT molecular complexity index is 1070. The van der Waals surface area contributed by atoms with E-state index in [-0.39, 0.29) is 10.8 Å². The Balaban J connectivity index is 2.07. The minimum Gasteiger partial charge on any atom is -0.463 e. The van der Waals surface area contributed by atoms with Crippen molar-refractivity contribution in [3.63, 3.8) is 0 Å². The van der Waals surface area contributed by atoms with Crippen molar-refractivity contribution in [3.8, 4) is 5.75 Å². The molecule has 3 heteroatoms.